The molecular weight excluding hydrogens is 552 g/mol. The number of oxazole rings is 1. The highest BCUT2D eigenvalue weighted by molar-refractivity contribution is 6.30. The van der Waals surface area contributed by atoms with Gasteiger partial charge in [-0.25, -0.2) is 4.98 Å². The van der Waals surface area contributed by atoms with E-state index in [1.165, 1.54) is 44.1 Å². The number of benzene rings is 2. The molecule has 3 aromatic rings. The summed E-state index contributed by atoms with van der Waals surface area (Å²) in [6.07, 6.45) is 9.35. The lowest BCUT2D eigenvalue weighted by atomic mass is 9.71. The van der Waals surface area contributed by atoms with Crippen LogP contribution >= 0.6 is 11.6 Å². The summed E-state index contributed by atoms with van der Waals surface area (Å²) in [7, 11) is 0. The second-order valence-corrected chi connectivity index (χ2v) is 14.1. The summed E-state index contributed by atoms with van der Waals surface area (Å²) in [6.45, 7) is 15.7. The van der Waals surface area contributed by atoms with Crippen molar-refractivity contribution in [1.82, 2.24) is 9.88 Å². The van der Waals surface area contributed by atoms with Crippen molar-refractivity contribution in [3.8, 4) is 0 Å². The van der Waals surface area contributed by atoms with E-state index in [-0.39, 0.29) is 11.6 Å². The molecule has 1 N–H and O–H groups in total. The molecule has 0 radical (unpaired) electrons. The quantitative estimate of drug-likeness (QED) is 0.223. The molecule has 5 nitrogen and oxygen atoms in total. The largest absolute Gasteiger partial charge is 0.423 e. The van der Waals surface area contributed by atoms with E-state index in [2.05, 4.69) is 92.2 Å². The van der Waals surface area contributed by atoms with Crippen molar-refractivity contribution in [2.75, 3.05) is 36.4 Å². The lowest BCUT2D eigenvalue weighted by Crippen LogP contribution is -2.41. The Hall–Kier alpha value is -2.50. The maximum Gasteiger partial charge on any atom is 0.219 e. The minimum Gasteiger partial charge on any atom is -0.423 e. The Morgan fingerprint density at radius 3 is 2.23 bits per heavy atom. The number of anilines is 2. The predicted octanol–water partition coefficient (Wildman–Crippen LogP) is 9.63. The average molecular weight is 605 g/mol. The van der Waals surface area contributed by atoms with Crippen LogP contribution in [0.1, 0.15) is 103 Å². The minimum absolute atomic E-state index is 0.0345. The monoisotopic (exact) mass is 604 g/mol. The summed E-state index contributed by atoms with van der Waals surface area (Å²) < 4.78 is 6.85. The standard InChI is InChI=1S/C37H53ClN4O/c1-6-41(7-2)34(26-29-13-15-30(16-14-29)37(4,5)40-32-19-17-31(38)18-20-32)35-39-33(25-28-11-9-8-10-12-28)36(43-35)42-23-21-27(3)22-24-42/h8-12,17-20,27,29-30,34,40H,6-7,13-16,21-26H2,1-5H3. The molecule has 0 spiro atoms. The lowest BCUT2D eigenvalue weighted by Gasteiger charge is -2.41. The van der Waals surface area contributed by atoms with Gasteiger partial charge in [0.25, 0.3) is 0 Å². The number of piperidine rings is 1. The number of hydrogen-bond donors (Lipinski definition) is 1. The van der Waals surface area contributed by atoms with Gasteiger partial charge >= 0.3 is 0 Å². The lowest BCUT2D eigenvalue weighted by molar-refractivity contribution is 0.128. The molecule has 1 saturated heterocycles. The van der Waals surface area contributed by atoms with Gasteiger partial charge in [-0.15, -0.1) is 0 Å². The third-order valence-corrected chi connectivity index (χ3v) is 10.5. The average Bonchev–Trinajstić information content (AvgIpc) is 3.42. The Balaban J connectivity index is 1.31. The number of nitrogens with zero attached hydrogens (tertiary/aromatic N) is 3. The fourth-order valence-electron chi connectivity index (χ4n) is 7.38. The second kappa shape index (κ2) is 14.5. The van der Waals surface area contributed by atoms with Gasteiger partial charge in [0.2, 0.25) is 11.8 Å². The summed E-state index contributed by atoms with van der Waals surface area (Å²) in [6, 6.07) is 19.1. The molecule has 1 aliphatic carbocycles. The van der Waals surface area contributed by atoms with Gasteiger partial charge < -0.3 is 14.6 Å². The summed E-state index contributed by atoms with van der Waals surface area (Å²) in [5, 5.41) is 4.58. The van der Waals surface area contributed by atoms with Crippen molar-refractivity contribution >= 4 is 23.2 Å². The summed E-state index contributed by atoms with van der Waals surface area (Å²) in [5.74, 6) is 4.04. The molecule has 1 atom stereocenters. The minimum atomic E-state index is 0.0345. The van der Waals surface area contributed by atoms with Crippen LogP contribution in [-0.2, 0) is 6.42 Å². The molecule has 0 amide bonds. The van der Waals surface area contributed by atoms with Crippen LogP contribution in [0.4, 0.5) is 11.6 Å². The van der Waals surface area contributed by atoms with E-state index in [1.807, 2.05) is 12.1 Å². The molecule has 1 unspecified atom stereocenters. The van der Waals surface area contributed by atoms with Crippen molar-refractivity contribution in [2.45, 2.75) is 97.6 Å². The first-order chi connectivity index (χ1) is 20.8. The molecule has 6 heteroatoms. The molecule has 234 valence electrons. The zero-order valence-corrected chi connectivity index (χ0v) is 27.9. The highest BCUT2D eigenvalue weighted by Gasteiger charge is 2.36. The van der Waals surface area contributed by atoms with Crippen LogP contribution in [0.25, 0.3) is 0 Å². The van der Waals surface area contributed by atoms with Gasteiger partial charge in [0.1, 0.15) is 5.69 Å². The third kappa shape index (κ3) is 8.16. The molecule has 1 saturated carbocycles. The first kappa shape index (κ1) is 31.9. The van der Waals surface area contributed by atoms with Gasteiger partial charge in [-0.2, -0.15) is 0 Å². The van der Waals surface area contributed by atoms with Crippen LogP contribution in [0.15, 0.2) is 59.0 Å². The van der Waals surface area contributed by atoms with Gasteiger partial charge in [0, 0.05) is 35.8 Å². The third-order valence-electron chi connectivity index (χ3n) is 10.3. The van der Waals surface area contributed by atoms with Gasteiger partial charge in [-0.3, -0.25) is 4.90 Å². The number of rotatable bonds is 12. The van der Waals surface area contributed by atoms with E-state index in [0.717, 1.165) is 73.1 Å². The maximum atomic E-state index is 6.85. The predicted molar refractivity (Wildman–Crippen MR) is 181 cm³/mol. The van der Waals surface area contributed by atoms with Crippen molar-refractivity contribution in [3.63, 3.8) is 0 Å². The number of hydrogen-bond acceptors (Lipinski definition) is 5. The van der Waals surface area contributed by atoms with E-state index < -0.39 is 0 Å². The first-order valence-electron chi connectivity index (χ1n) is 16.8. The van der Waals surface area contributed by atoms with Crippen LogP contribution in [0.2, 0.25) is 5.02 Å². The molecule has 2 heterocycles. The van der Waals surface area contributed by atoms with Crippen LogP contribution in [0.3, 0.4) is 0 Å². The van der Waals surface area contributed by atoms with E-state index >= 15 is 0 Å². The van der Waals surface area contributed by atoms with E-state index in [4.69, 9.17) is 21.0 Å². The summed E-state index contributed by atoms with van der Waals surface area (Å²) >= 11 is 6.12. The molecule has 43 heavy (non-hydrogen) atoms. The van der Waals surface area contributed by atoms with Gasteiger partial charge in [-0.1, -0.05) is 75.5 Å². The fraction of sp³-hybridized carbons (Fsp3) is 0.595. The summed E-state index contributed by atoms with van der Waals surface area (Å²) in [5.41, 5.74) is 3.58. The Bertz CT molecular complexity index is 1250. The molecule has 2 aliphatic rings. The van der Waals surface area contributed by atoms with Crippen LogP contribution in [0.5, 0.6) is 0 Å². The second-order valence-electron chi connectivity index (χ2n) is 13.7. The van der Waals surface area contributed by atoms with Crippen LogP contribution in [0, 0.1) is 17.8 Å². The molecule has 0 bridgehead atoms. The van der Waals surface area contributed by atoms with Gasteiger partial charge in [0.15, 0.2) is 0 Å². The van der Waals surface area contributed by atoms with E-state index in [1.54, 1.807) is 0 Å². The molecule has 1 aliphatic heterocycles. The van der Waals surface area contributed by atoms with Crippen molar-refractivity contribution in [2.24, 2.45) is 17.8 Å². The topological polar surface area (TPSA) is 44.5 Å². The fourth-order valence-corrected chi connectivity index (χ4v) is 7.51. The van der Waals surface area contributed by atoms with Crippen molar-refractivity contribution < 1.29 is 4.42 Å². The Morgan fingerprint density at radius 2 is 1.60 bits per heavy atom. The highest BCUT2D eigenvalue weighted by Crippen LogP contribution is 2.42. The molecule has 5 rings (SSSR count). The normalized spacial score (nSPS) is 20.9. The van der Waals surface area contributed by atoms with Crippen LogP contribution in [-0.4, -0.2) is 41.6 Å². The van der Waals surface area contributed by atoms with Crippen molar-refractivity contribution in [3.05, 3.63) is 76.8 Å². The Kier molecular flexibility index (Phi) is 10.8. The SMILES string of the molecule is CCN(CC)C(CC1CCC(C(C)(C)Nc2ccc(Cl)cc2)CC1)c1nc(Cc2ccccc2)c(N2CCC(C)CC2)o1. The Labute approximate surface area is 265 Å². The zero-order chi connectivity index (χ0) is 30.4. The maximum absolute atomic E-state index is 6.85. The van der Waals surface area contributed by atoms with Crippen molar-refractivity contribution in [1.29, 1.82) is 0 Å². The van der Waals surface area contributed by atoms with Gasteiger partial charge in [0.05, 0.1) is 6.04 Å². The molecule has 2 aromatic carbocycles. The number of aromatic nitrogens is 1. The summed E-state index contributed by atoms with van der Waals surface area (Å²) in [4.78, 5) is 10.4. The first-order valence-corrected chi connectivity index (χ1v) is 17.2. The van der Waals surface area contributed by atoms with Crippen LogP contribution < -0.4 is 10.2 Å². The van der Waals surface area contributed by atoms with E-state index in [9.17, 15) is 0 Å². The smallest absolute Gasteiger partial charge is 0.219 e. The molecule has 1 aromatic heterocycles. The molecule has 2 fully saturated rings. The Morgan fingerprint density at radius 1 is 0.953 bits per heavy atom. The highest BCUT2D eigenvalue weighted by atomic mass is 35.5. The number of nitrogens with one attached hydrogen (secondary N) is 1. The van der Waals surface area contributed by atoms with Gasteiger partial charge in [-0.05, 0) is 107 Å². The number of halogens is 1. The molecular formula is C37H53ClN4O. The zero-order valence-electron chi connectivity index (χ0n) is 27.1. The van der Waals surface area contributed by atoms with E-state index in [0.29, 0.717) is 11.8 Å².